The van der Waals surface area contributed by atoms with E-state index in [-0.39, 0.29) is 11.6 Å². The highest BCUT2D eigenvalue weighted by atomic mass is 16.5. The van der Waals surface area contributed by atoms with E-state index in [4.69, 9.17) is 15.2 Å². The number of hydrogen-bond acceptors (Lipinski definition) is 3. The SMILES string of the molecule is COc1ccccc1C(N)C1(OC)CCC(C)CC1. The number of para-hydroxylation sites is 1. The minimum Gasteiger partial charge on any atom is -0.496 e. The molecule has 1 aliphatic carbocycles. The van der Waals surface area contributed by atoms with Crippen molar-refractivity contribution in [2.45, 2.75) is 44.2 Å². The predicted octanol–water partition coefficient (Wildman–Crippen LogP) is 3.29. The van der Waals surface area contributed by atoms with Crippen LogP contribution in [-0.4, -0.2) is 19.8 Å². The van der Waals surface area contributed by atoms with Crippen LogP contribution >= 0.6 is 0 Å². The van der Waals surface area contributed by atoms with E-state index in [2.05, 4.69) is 6.92 Å². The van der Waals surface area contributed by atoms with E-state index in [1.807, 2.05) is 24.3 Å². The van der Waals surface area contributed by atoms with Crippen LogP contribution in [0.3, 0.4) is 0 Å². The number of methoxy groups -OCH3 is 2. The van der Waals surface area contributed by atoms with Crippen LogP contribution in [0, 0.1) is 5.92 Å². The molecule has 1 fully saturated rings. The quantitative estimate of drug-likeness (QED) is 0.906. The molecule has 0 heterocycles. The molecule has 0 aliphatic heterocycles. The van der Waals surface area contributed by atoms with Gasteiger partial charge >= 0.3 is 0 Å². The molecule has 1 aliphatic rings. The highest BCUT2D eigenvalue weighted by Crippen LogP contribution is 2.43. The van der Waals surface area contributed by atoms with Crippen molar-refractivity contribution in [2.75, 3.05) is 14.2 Å². The van der Waals surface area contributed by atoms with Gasteiger partial charge in [-0.15, -0.1) is 0 Å². The van der Waals surface area contributed by atoms with Gasteiger partial charge in [0.05, 0.1) is 18.8 Å². The molecule has 1 atom stereocenters. The largest absolute Gasteiger partial charge is 0.496 e. The van der Waals surface area contributed by atoms with Crippen LogP contribution in [0.25, 0.3) is 0 Å². The summed E-state index contributed by atoms with van der Waals surface area (Å²) in [6.07, 6.45) is 4.39. The first kappa shape index (κ1) is 14.4. The number of benzene rings is 1. The minimum absolute atomic E-state index is 0.138. The Bertz CT molecular complexity index is 411. The Balaban J connectivity index is 2.27. The molecular weight excluding hydrogens is 238 g/mol. The molecule has 0 bridgehead atoms. The lowest BCUT2D eigenvalue weighted by Crippen LogP contribution is -2.45. The average Bonchev–Trinajstić information content (AvgIpc) is 2.47. The molecule has 1 unspecified atom stereocenters. The fourth-order valence-electron chi connectivity index (χ4n) is 3.10. The summed E-state index contributed by atoms with van der Waals surface area (Å²) in [5, 5.41) is 0. The van der Waals surface area contributed by atoms with E-state index < -0.39 is 0 Å². The minimum atomic E-state index is -0.249. The molecule has 2 N–H and O–H groups in total. The third-order valence-electron chi connectivity index (χ3n) is 4.57. The van der Waals surface area contributed by atoms with Gasteiger partial charge in [0, 0.05) is 12.7 Å². The van der Waals surface area contributed by atoms with Gasteiger partial charge in [0.1, 0.15) is 5.75 Å². The van der Waals surface area contributed by atoms with Crippen molar-refractivity contribution in [3.8, 4) is 5.75 Å². The van der Waals surface area contributed by atoms with Gasteiger partial charge in [-0.1, -0.05) is 25.1 Å². The first-order chi connectivity index (χ1) is 9.13. The van der Waals surface area contributed by atoms with Crippen LogP contribution in [0.4, 0.5) is 0 Å². The van der Waals surface area contributed by atoms with Crippen LogP contribution in [0.15, 0.2) is 24.3 Å². The van der Waals surface area contributed by atoms with Crippen molar-refractivity contribution in [1.29, 1.82) is 0 Å². The maximum Gasteiger partial charge on any atom is 0.123 e. The second-order valence-electron chi connectivity index (χ2n) is 5.67. The maximum atomic E-state index is 6.53. The Kier molecular flexibility index (Phi) is 4.48. The lowest BCUT2D eigenvalue weighted by atomic mass is 9.73. The monoisotopic (exact) mass is 263 g/mol. The first-order valence-corrected chi connectivity index (χ1v) is 7.06. The van der Waals surface area contributed by atoms with Gasteiger partial charge in [-0.25, -0.2) is 0 Å². The zero-order valence-electron chi connectivity index (χ0n) is 12.2. The second kappa shape index (κ2) is 5.93. The van der Waals surface area contributed by atoms with Gasteiger partial charge < -0.3 is 15.2 Å². The van der Waals surface area contributed by atoms with E-state index in [0.717, 1.165) is 30.1 Å². The smallest absolute Gasteiger partial charge is 0.123 e. The molecule has 0 spiro atoms. The van der Waals surface area contributed by atoms with E-state index in [0.29, 0.717) is 0 Å². The fourth-order valence-corrected chi connectivity index (χ4v) is 3.10. The van der Waals surface area contributed by atoms with Crippen LogP contribution in [0.5, 0.6) is 5.75 Å². The molecule has 0 saturated heterocycles. The van der Waals surface area contributed by atoms with Gasteiger partial charge in [0.15, 0.2) is 0 Å². The third kappa shape index (κ3) is 2.77. The lowest BCUT2D eigenvalue weighted by molar-refractivity contribution is -0.0675. The van der Waals surface area contributed by atoms with Gasteiger partial charge in [0.25, 0.3) is 0 Å². The summed E-state index contributed by atoms with van der Waals surface area (Å²) in [6.45, 7) is 2.30. The normalized spacial score (nSPS) is 28.9. The summed E-state index contributed by atoms with van der Waals surface area (Å²) in [7, 11) is 3.47. The molecule has 3 heteroatoms. The molecule has 1 aromatic rings. The van der Waals surface area contributed by atoms with Crippen LogP contribution in [0.2, 0.25) is 0 Å². The van der Waals surface area contributed by atoms with Crippen molar-refractivity contribution in [2.24, 2.45) is 11.7 Å². The van der Waals surface area contributed by atoms with E-state index in [1.54, 1.807) is 14.2 Å². The number of ether oxygens (including phenoxy) is 2. The Hall–Kier alpha value is -1.06. The van der Waals surface area contributed by atoms with Crippen molar-refractivity contribution in [1.82, 2.24) is 0 Å². The van der Waals surface area contributed by atoms with Crippen molar-refractivity contribution in [3.05, 3.63) is 29.8 Å². The van der Waals surface area contributed by atoms with Gasteiger partial charge in [-0.05, 0) is 37.7 Å². The summed E-state index contributed by atoms with van der Waals surface area (Å²) >= 11 is 0. The number of rotatable bonds is 4. The Morgan fingerprint density at radius 1 is 1.21 bits per heavy atom. The summed E-state index contributed by atoms with van der Waals surface area (Å²) in [6, 6.07) is 7.84. The van der Waals surface area contributed by atoms with Crippen LogP contribution < -0.4 is 10.5 Å². The second-order valence-corrected chi connectivity index (χ2v) is 5.67. The molecule has 19 heavy (non-hydrogen) atoms. The Morgan fingerprint density at radius 3 is 2.42 bits per heavy atom. The van der Waals surface area contributed by atoms with Crippen molar-refractivity contribution in [3.63, 3.8) is 0 Å². The van der Waals surface area contributed by atoms with E-state index >= 15 is 0 Å². The van der Waals surface area contributed by atoms with Crippen molar-refractivity contribution < 1.29 is 9.47 Å². The molecule has 1 saturated carbocycles. The standard InChI is InChI=1S/C16H25NO2/c1-12-8-10-16(19-3,11-9-12)15(17)13-6-4-5-7-14(13)18-2/h4-7,12,15H,8-11,17H2,1-3H3. The third-order valence-corrected chi connectivity index (χ3v) is 4.57. The summed E-state index contributed by atoms with van der Waals surface area (Å²) in [5.74, 6) is 1.62. The lowest BCUT2D eigenvalue weighted by Gasteiger charge is -2.42. The number of hydrogen-bond donors (Lipinski definition) is 1. The molecule has 3 nitrogen and oxygen atoms in total. The van der Waals surface area contributed by atoms with E-state index in [1.165, 1.54) is 12.8 Å². The Morgan fingerprint density at radius 2 is 1.84 bits per heavy atom. The molecule has 2 rings (SSSR count). The van der Waals surface area contributed by atoms with E-state index in [9.17, 15) is 0 Å². The molecule has 1 aromatic carbocycles. The first-order valence-electron chi connectivity index (χ1n) is 7.06. The predicted molar refractivity (Wildman–Crippen MR) is 77.3 cm³/mol. The van der Waals surface area contributed by atoms with Crippen LogP contribution in [0.1, 0.15) is 44.2 Å². The summed E-state index contributed by atoms with van der Waals surface area (Å²) < 4.78 is 11.3. The topological polar surface area (TPSA) is 44.5 Å². The van der Waals surface area contributed by atoms with Gasteiger partial charge in [-0.2, -0.15) is 0 Å². The van der Waals surface area contributed by atoms with Crippen molar-refractivity contribution >= 4 is 0 Å². The molecule has 0 aromatic heterocycles. The Labute approximate surface area is 116 Å². The molecule has 106 valence electrons. The van der Waals surface area contributed by atoms with Gasteiger partial charge in [-0.3, -0.25) is 0 Å². The van der Waals surface area contributed by atoms with Crippen LogP contribution in [-0.2, 0) is 4.74 Å². The summed E-state index contributed by atoms with van der Waals surface area (Å²) in [5.41, 5.74) is 7.33. The van der Waals surface area contributed by atoms with Gasteiger partial charge in [0.2, 0.25) is 0 Å². The highest BCUT2D eigenvalue weighted by molar-refractivity contribution is 5.37. The number of nitrogens with two attached hydrogens (primary N) is 1. The summed E-state index contributed by atoms with van der Waals surface area (Å²) in [4.78, 5) is 0. The zero-order chi connectivity index (χ0) is 13.9. The average molecular weight is 263 g/mol. The zero-order valence-corrected chi connectivity index (χ0v) is 12.2. The maximum absolute atomic E-state index is 6.53. The molecule has 0 amide bonds. The highest BCUT2D eigenvalue weighted by Gasteiger charge is 2.41. The molecule has 0 radical (unpaired) electrons. The molecular formula is C16H25NO2. The fraction of sp³-hybridized carbons (Fsp3) is 0.625.